The number of thioether (sulfide) groups is 2. The fourth-order valence-electron chi connectivity index (χ4n) is 1.72. The number of nitrogens with zero attached hydrogens (tertiary/aromatic N) is 3. The minimum atomic E-state index is -0.188. The van der Waals surface area contributed by atoms with Crippen molar-refractivity contribution in [3.63, 3.8) is 0 Å². The van der Waals surface area contributed by atoms with Crippen molar-refractivity contribution in [2.75, 3.05) is 19.1 Å². The number of carbonyl (C=O) groups excluding carboxylic acids is 1. The molecule has 126 valence electrons. The maximum Gasteiger partial charge on any atom is 0.250 e. The second-order valence-electron chi connectivity index (χ2n) is 4.69. The van der Waals surface area contributed by atoms with E-state index in [9.17, 15) is 4.79 Å². The SMILES string of the molecule is COc1ccc(C=NNC(=O)CSc2cc(C)nc(SC)n2)cc1. The number of hydrogen-bond acceptors (Lipinski definition) is 7. The van der Waals surface area contributed by atoms with Crippen molar-refractivity contribution in [3.8, 4) is 5.75 Å². The van der Waals surface area contributed by atoms with E-state index in [2.05, 4.69) is 20.5 Å². The average Bonchev–Trinajstić information content (AvgIpc) is 2.60. The fraction of sp³-hybridized carbons (Fsp3) is 0.250. The molecule has 1 heterocycles. The van der Waals surface area contributed by atoms with Crippen molar-refractivity contribution in [2.45, 2.75) is 17.1 Å². The fourth-order valence-corrected chi connectivity index (χ4v) is 2.95. The van der Waals surface area contributed by atoms with E-state index in [1.807, 2.05) is 43.5 Å². The molecule has 0 aliphatic carbocycles. The number of aryl methyl sites for hydroxylation is 1. The van der Waals surface area contributed by atoms with Crippen LogP contribution in [0, 0.1) is 6.92 Å². The molecule has 6 nitrogen and oxygen atoms in total. The summed E-state index contributed by atoms with van der Waals surface area (Å²) in [7, 11) is 1.61. The van der Waals surface area contributed by atoms with Gasteiger partial charge in [0.2, 0.25) is 5.91 Å². The van der Waals surface area contributed by atoms with Gasteiger partial charge in [0, 0.05) is 5.69 Å². The van der Waals surface area contributed by atoms with E-state index in [0.29, 0.717) is 5.16 Å². The van der Waals surface area contributed by atoms with Crippen LogP contribution in [-0.4, -0.2) is 41.2 Å². The molecule has 0 aliphatic heterocycles. The van der Waals surface area contributed by atoms with Crippen molar-refractivity contribution in [2.24, 2.45) is 5.10 Å². The Morgan fingerprint density at radius 3 is 2.75 bits per heavy atom. The number of ether oxygens (including phenoxy) is 1. The zero-order chi connectivity index (χ0) is 17.4. The van der Waals surface area contributed by atoms with Gasteiger partial charge in [0.15, 0.2) is 5.16 Å². The van der Waals surface area contributed by atoms with Gasteiger partial charge in [-0.1, -0.05) is 23.5 Å². The zero-order valence-electron chi connectivity index (χ0n) is 13.6. The third-order valence-electron chi connectivity index (χ3n) is 2.86. The van der Waals surface area contributed by atoms with Gasteiger partial charge in [-0.15, -0.1) is 0 Å². The third kappa shape index (κ3) is 5.86. The van der Waals surface area contributed by atoms with Crippen LogP contribution < -0.4 is 10.2 Å². The van der Waals surface area contributed by atoms with Crippen molar-refractivity contribution < 1.29 is 9.53 Å². The molecule has 0 saturated heterocycles. The molecule has 2 aromatic rings. The first-order valence-corrected chi connectivity index (χ1v) is 9.30. The number of methoxy groups -OCH3 is 1. The molecular weight excluding hydrogens is 344 g/mol. The van der Waals surface area contributed by atoms with Crippen LogP contribution in [0.3, 0.4) is 0 Å². The Kier molecular flexibility index (Phi) is 7.07. The quantitative estimate of drug-likeness (QED) is 0.268. The van der Waals surface area contributed by atoms with Crippen LogP contribution in [0.15, 0.2) is 45.6 Å². The highest BCUT2D eigenvalue weighted by Crippen LogP contribution is 2.19. The van der Waals surface area contributed by atoms with Crippen molar-refractivity contribution >= 4 is 35.6 Å². The standard InChI is InChI=1S/C16H18N4O2S2/c1-11-8-15(19-16(18-11)23-3)24-10-14(21)20-17-9-12-4-6-13(22-2)7-5-12/h4-9H,10H2,1-3H3,(H,20,21). The van der Waals surface area contributed by atoms with Gasteiger partial charge in [0.25, 0.3) is 0 Å². The second kappa shape index (κ2) is 9.29. The summed E-state index contributed by atoms with van der Waals surface area (Å²) in [5.41, 5.74) is 4.26. The number of amides is 1. The minimum Gasteiger partial charge on any atom is -0.497 e. The lowest BCUT2D eigenvalue weighted by atomic mass is 10.2. The first kappa shape index (κ1) is 18.3. The number of nitrogens with one attached hydrogen (secondary N) is 1. The third-order valence-corrected chi connectivity index (χ3v) is 4.32. The smallest absolute Gasteiger partial charge is 0.250 e. The summed E-state index contributed by atoms with van der Waals surface area (Å²) in [4.78, 5) is 20.5. The summed E-state index contributed by atoms with van der Waals surface area (Å²) in [6.45, 7) is 1.91. The predicted molar refractivity (Wildman–Crippen MR) is 98.0 cm³/mol. The highest BCUT2D eigenvalue weighted by Gasteiger charge is 2.05. The van der Waals surface area contributed by atoms with Gasteiger partial charge in [0.05, 0.1) is 19.1 Å². The molecule has 1 aromatic heterocycles. The number of benzene rings is 1. The molecule has 0 aliphatic rings. The van der Waals surface area contributed by atoms with Gasteiger partial charge in [-0.2, -0.15) is 5.10 Å². The molecule has 2 rings (SSSR count). The largest absolute Gasteiger partial charge is 0.497 e. The Labute approximate surface area is 149 Å². The van der Waals surface area contributed by atoms with Crippen LogP contribution in [0.25, 0.3) is 0 Å². The summed E-state index contributed by atoms with van der Waals surface area (Å²) < 4.78 is 5.08. The molecule has 0 atom stereocenters. The predicted octanol–water partition coefficient (Wildman–Crippen LogP) is 2.76. The topological polar surface area (TPSA) is 76.5 Å². The summed E-state index contributed by atoms with van der Waals surface area (Å²) >= 11 is 2.83. The lowest BCUT2D eigenvalue weighted by molar-refractivity contribution is -0.118. The molecule has 1 aromatic carbocycles. The molecule has 0 fully saturated rings. The molecule has 0 saturated carbocycles. The van der Waals surface area contributed by atoms with Crippen LogP contribution in [0.5, 0.6) is 5.75 Å². The van der Waals surface area contributed by atoms with Gasteiger partial charge in [0.1, 0.15) is 10.8 Å². The van der Waals surface area contributed by atoms with E-state index in [1.165, 1.54) is 23.5 Å². The monoisotopic (exact) mass is 362 g/mol. The van der Waals surface area contributed by atoms with Gasteiger partial charge in [-0.25, -0.2) is 15.4 Å². The number of rotatable bonds is 7. The maximum absolute atomic E-state index is 11.8. The summed E-state index contributed by atoms with van der Waals surface area (Å²) in [5, 5.41) is 5.43. The molecule has 1 amide bonds. The zero-order valence-corrected chi connectivity index (χ0v) is 15.3. The first-order valence-electron chi connectivity index (χ1n) is 7.09. The summed E-state index contributed by atoms with van der Waals surface area (Å²) in [6.07, 6.45) is 3.51. The maximum atomic E-state index is 11.8. The van der Waals surface area contributed by atoms with Gasteiger partial charge >= 0.3 is 0 Å². The highest BCUT2D eigenvalue weighted by atomic mass is 32.2. The van der Waals surface area contributed by atoms with Gasteiger partial charge in [-0.05, 0) is 49.1 Å². The van der Waals surface area contributed by atoms with Gasteiger partial charge in [-0.3, -0.25) is 4.79 Å². The number of hydrazone groups is 1. The summed E-state index contributed by atoms with van der Waals surface area (Å²) in [6, 6.07) is 9.24. The second-order valence-corrected chi connectivity index (χ2v) is 6.46. The Balaban J connectivity index is 1.82. The van der Waals surface area contributed by atoms with Crippen LogP contribution >= 0.6 is 23.5 Å². The Morgan fingerprint density at radius 1 is 1.33 bits per heavy atom. The Morgan fingerprint density at radius 2 is 2.08 bits per heavy atom. The molecule has 8 heteroatoms. The van der Waals surface area contributed by atoms with Crippen molar-refractivity contribution in [1.82, 2.24) is 15.4 Å². The van der Waals surface area contributed by atoms with Crippen LogP contribution in [0.2, 0.25) is 0 Å². The first-order chi connectivity index (χ1) is 11.6. The van der Waals surface area contributed by atoms with E-state index in [-0.39, 0.29) is 11.7 Å². The lowest BCUT2D eigenvalue weighted by Gasteiger charge is -2.03. The number of hydrogen-bond donors (Lipinski definition) is 1. The van der Waals surface area contributed by atoms with Crippen LogP contribution in [0.1, 0.15) is 11.3 Å². The summed E-state index contributed by atoms with van der Waals surface area (Å²) in [5.74, 6) is 0.827. The van der Waals surface area contributed by atoms with E-state index >= 15 is 0 Å². The molecule has 1 N–H and O–H groups in total. The molecule has 0 radical (unpaired) electrons. The highest BCUT2D eigenvalue weighted by molar-refractivity contribution is 8.00. The van der Waals surface area contributed by atoms with E-state index in [4.69, 9.17) is 4.74 Å². The minimum absolute atomic E-state index is 0.188. The van der Waals surface area contributed by atoms with E-state index < -0.39 is 0 Å². The van der Waals surface area contributed by atoms with Crippen molar-refractivity contribution in [1.29, 1.82) is 0 Å². The molecule has 0 bridgehead atoms. The normalized spacial score (nSPS) is 10.8. The lowest BCUT2D eigenvalue weighted by Crippen LogP contribution is -2.19. The Bertz CT molecular complexity index is 721. The molecule has 0 spiro atoms. The van der Waals surface area contributed by atoms with E-state index in [1.54, 1.807) is 13.3 Å². The average molecular weight is 362 g/mol. The number of aromatic nitrogens is 2. The van der Waals surface area contributed by atoms with Gasteiger partial charge < -0.3 is 4.74 Å². The molecule has 0 unspecified atom stereocenters. The molecular formula is C16H18N4O2S2. The van der Waals surface area contributed by atoms with Crippen LogP contribution in [-0.2, 0) is 4.79 Å². The van der Waals surface area contributed by atoms with Crippen molar-refractivity contribution in [3.05, 3.63) is 41.6 Å². The molecule has 24 heavy (non-hydrogen) atoms. The Hall–Kier alpha value is -2.06. The van der Waals surface area contributed by atoms with E-state index in [0.717, 1.165) is 22.0 Å². The number of carbonyl (C=O) groups is 1. The van der Waals surface area contributed by atoms with Crippen LogP contribution in [0.4, 0.5) is 0 Å².